The smallest absolute Gasteiger partial charge is 0.229 e. The van der Waals surface area contributed by atoms with E-state index in [9.17, 15) is 9.18 Å². The van der Waals surface area contributed by atoms with Gasteiger partial charge in [0.2, 0.25) is 5.91 Å². The second kappa shape index (κ2) is 9.02. The van der Waals surface area contributed by atoms with E-state index in [1.54, 1.807) is 30.5 Å². The fourth-order valence-corrected chi connectivity index (χ4v) is 7.37. The molecule has 4 saturated carbocycles. The Labute approximate surface area is 210 Å². The van der Waals surface area contributed by atoms with Gasteiger partial charge in [0, 0.05) is 10.6 Å². The van der Waals surface area contributed by atoms with E-state index in [0.717, 1.165) is 41.0 Å². The quantitative estimate of drug-likeness (QED) is 0.410. The Morgan fingerprint density at radius 3 is 2.23 bits per heavy atom. The molecule has 35 heavy (non-hydrogen) atoms. The minimum absolute atomic E-state index is 0.122. The van der Waals surface area contributed by atoms with Crippen LogP contribution in [0.3, 0.4) is 0 Å². The Morgan fingerprint density at radius 2 is 1.60 bits per heavy atom. The average Bonchev–Trinajstić information content (AvgIpc) is 2.81. The predicted octanol–water partition coefficient (Wildman–Crippen LogP) is 6.88. The molecule has 1 heterocycles. The molecule has 1 aromatic heterocycles. The van der Waals surface area contributed by atoms with Crippen molar-refractivity contribution in [2.75, 3.05) is 5.32 Å². The number of carbonyl (C=O) groups excluding carboxylic acids is 1. The lowest BCUT2D eigenvalue weighted by Crippen LogP contribution is -2.47. The molecule has 4 aliphatic rings. The number of carbonyl (C=O) groups is 1. The van der Waals surface area contributed by atoms with Crippen LogP contribution in [0.15, 0.2) is 54.7 Å². The summed E-state index contributed by atoms with van der Waals surface area (Å²) in [4.78, 5) is 22.6. The number of amides is 1. The van der Waals surface area contributed by atoms with Crippen LogP contribution in [0, 0.1) is 29.0 Å². The van der Waals surface area contributed by atoms with Gasteiger partial charge in [0.05, 0.1) is 24.0 Å². The normalized spacial score (nSPS) is 26.6. The molecule has 2 aromatic carbocycles. The van der Waals surface area contributed by atoms with Crippen LogP contribution in [0.4, 0.5) is 10.2 Å². The van der Waals surface area contributed by atoms with Gasteiger partial charge >= 0.3 is 0 Å². The molecule has 0 unspecified atom stereocenters. The van der Waals surface area contributed by atoms with Gasteiger partial charge in [-0.1, -0.05) is 23.7 Å². The van der Waals surface area contributed by atoms with Gasteiger partial charge in [-0.3, -0.25) is 4.79 Å². The molecule has 4 fully saturated rings. The zero-order valence-electron chi connectivity index (χ0n) is 19.6. The maximum absolute atomic E-state index is 13.5. The third kappa shape index (κ3) is 4.84. The third-order valence-corrected chi connectivity index (χ3v) is 8.48. The van der Waals surface area contributed by atoms with Crippen LogP contribution in [0.1, 0.15) is 49.8 Å². The number of hydrogen-bond acceptors (Lipinski definition) is 3. The van der Waals surface area contributed by atoms with Crippen LogP contribution in [0.5, 0.6) is 0 Å². The van der Waals surface area contributed by atoms with Crippen LogP contribution in [-0.4, -0.2) is 15.9 Å². The molecule has 0 spiro atoms. The van der Waals surface area contributed by atoms with Gasteiger partial charge in [0.1, 0.15) is 5.82 Å². The molecule has 1 N–H and O–H groups in total. The van der Waals surface area contributed by atoms with E-state index >= 15 is 0 Å². The largest absolute Gasteiger partial charge is 0.309 e. The number of rotatable bonds is 6. The topological polar surface area (TPSA) is 54.9 Å². The van der Waals surface area contributed by atoms with Crippen molar-refractivity contribution in [3.63, 3.8) is 0 Å². The number of hydrogen-bond donors (Lipinski definition) is 1. The van der Waals surface area contributed by atoms with Crippen molar-refractivity contribution in [3.8, 4) is 11.3 Å². The molecule has 6 heteroatoms. The molecule has 0 aliphatic heterocycles. The fraction of sp³-hybridized carbons (Fsp3) is 0.414. The predicted molar refractivity (Wildman–Crippen MR) is 136 cm³/mol. The summed E-state index contributed by atoms with van der Waals surface area (Å²) in [6.07, 6.45) is 10.6. The SMILES string of the molecule is O=C(Cc1ccc(Cl)cc1)Nc1ncc(-c2ccc(F)cc2)nc1CC12CC3CC(CC(C3)C1)C2. The Balaban J connectivity index is 1.29. The highest BCUT2D eigenvalue weighted by Gasteiger charge is 2.51. The van der Waals surface area contributed by atoms with Crippen LogP contribution >= 0.6 is 11.6 Å². The average molecular weight is 490 g/mol. The standard InChI is InChI=1S/C29H29ClFN3O/c30-23-5-1-18(2-6-23)12-27(35)34-28-25(33-26(17-32-28)22-3-7-24(31)8-4-22)16-29-13-19-9-20(14-29)11-21(10-19)15-29/h1-8,17,19-21H,9-16H2,(H,32,34,35). The highest BCUT2D eigenvalue weighted by atomic mass is 35.5. The number of benzene rings is 2. The van der Waals surface area contributed by atoms with E-state index in [0.29, 0.717) is 16.5 Å². The lowest BCUT2D eigenvalue weighted by molar-refractivity contribution is -0.115. The summed E-state index contributed by atoms with van der Waals surface area (Å²) in [6, 6.07) is 13.7. The van der Waals surface area contributed by atoms with Gasteiger partial charge in [-0.15, -0.1) is 0 Å². The summed E-state index contributed by atoms with van der Waals surface area (Å²) >= 11 is 5.98. The molecule has 3 aromatic rings. The number of nitrogens with one attached hydrogen (secondary N) is 1. The molecule has 0 saturated heterocycles. The first-order valence-electron chi connectivity index (χ1n) is 12.6. The lowest BCUT2D eigenvalue weighted by atomic mass is 9.48. The van der Waals surface area contributed by atoms with Gasteiger partial charge in [0.15, 0.2) is 5.82 Å². The summed E-state index contributed by atoms with van der Waals surface area (Å²) in [5.41, 5.74) is 3.52. The third-order valence-electron chi connectivity index (χ3n) is 8.23. The molecule has 7 rings (SSSR count). The Hall–Kier alpha value is -2.79. The molecule has 4 bridgehead atoms. The number of anilines is 1. The molecule has 4 aliphatic carbocycles. The summed E-state index contributed by atoms with van der Waals surface area (Å²) in [6.45, 7) is 0. The van der Waals surface area contributed by atoms with Crippen molar-refractivity contribution in [2.45, 2.75) is 51.4 Å². The van der Waals surface area contributed by atoms with Crippen molar-refractivity contribution in [1.29, 1.82) is 0 Å². The summed E-state index contributed by atoms with van der Waals surface area (Å²) < 4.78 is 13.5. The van der Waals surface area contributed by atoms with Crippen LogP contribution in [-0.2, 0) is 17.6 Å². The van der Waals surface area contributed by atoms with Gasteiger partial charge < -0.3 is 5.32 Å². The lowest BCUT2D eigenvalue weighted by Gasteiger charge is -2.57. The second-order valence-corrected chi connectivity index (χ2v) is 11.4. The van der Waals surface area contributed by atoms with E-state index < -0.39 is 0 Å². The molecular weight excluding hydrogens is 461 g/mol. The van der Waals surface area contributed by atoms with Gasteiger partial charge in [0.25, 0.3) is 0 Å². The first-order chi connectivity index (χ1) is 16.9. The summed E-state index contributed by atoms with van der Waals surface area (Å²) in [5, 5.41) is 3.69. The van der Waals surface area contributed by atoms with E-state index in [1.165, 1.54) is 50.7 Å². The van der Waals surface area contributed by atoms with Gasteiger partial charge in [-0.05, 0) is 110 Å². The van der Waals surface area contributed by atoms with Gasteiger partial charge in [-0.2, -0.15) is 0 Å². The number of aromatic nitrogens is 2. The van der Waals surface area contributed by atoms with Crippen molar-refractivity contribution >= 4 is 23.3 Å². The maximum atomic E-state index is 13.5. The summed E-state index contributed by atoms with van der Waals surface area (Å²) in [5.74, 6) is 2.64. The molecular formula is C29H29ClFN3O. The number of halogens is 2. The van der Waals surface area contributed by atoms with E-state index in [4.69, 9.17) is 16.6 Å². The van der Waals surface area contributed by atoms with E-state index in [-0.39, 0.29) is 23.6 Å². The molecule has 180 valence electrons. The van der Waals surface area contributed by atoms with Gasteiger partial charge in [-0.25, -0.2) is 14.4 Å². The van der Waals surface area contributed by atoms with Crippen LogP contribution in [0.25, 0.3) is 11.3 Å². The van der Waals surface area contributed by atoms with Crippen molar-refractivity contribution in [3.05, 3.63) is 76.8 Å². The van der Waals surface area contributed by atoms with Crippen molar-refractivity contribution < 1.29 is 9.18 Å². The Morgan fingerprint density at radius 1 is 0.971 bits per heavy atom. The van der Waals surface area contributed by atoms with Crippen molar-refractivity contribution in [2.24, 2.45) is 23.2 Å². The Kier molecular flexibility index (Phi) is 5.84. The monoisotopic (exact) mass is 489 g/mol. The highest BCUT2D eigenvalue weighted by molar-refractivity contribution is 6.30. The van der Waals surface area contributed by atoms with Crippen LogP contribution in [0.2, 0.25) is 5.02 Å². The minimum Gasteiger partial charge on any atom is -0.309 e. The first-order valence-corrected chi connectivity index (χ1v) is 13.0. The highest BCUT2D eigenvalue weighted by Crippen LogP contribution is 2.61. The Bertz CT molecular complexity index is 1210. The van der Waals surface area contributed by atoms with E-state index in [2.05, 4.69) is 10.3 Å². The summed E-state index contributed by atoms with van der Waals surface area (Å²) in [7, 11) is 0. The molecule has 0 atom stereocenters. The van der Waals surface area contributed by atoms with Crippen LogP contribution < -0.4 is 5.32 Å². The zero-order chi connectivity index (χ0) is 24.0. The van der Waals surface area contributed by atoms with E-state index in [1.807, 2.05) is 12.1 Å². The fourth-order valence-electron chi connectivity index (χ4n) is 7.24. The van der Waals surface area contributed by atoms with Crippen molar-refractivity contribution in [1.82, 2.24) is 9.97 Å². The molecule has 1 amide bonds. The second-order valence-electron chi connectivity index (χ2n) is 11.0. The first kappa shape index (κ1) is 22.7. The molecule has 0 radical (unpaired) electrons. The maximum Gasteiger partial charge on any atom is 0.229 e. The number of nitrogens with zero attached hydrogens (tertiary/aromatic N) is 2. The molecule has 4 nitrogen and oxygen atoms in total. The minimum atomic E-state index is -0.276. The zero-order valence-corrected chi connectivity index (χ0v) is 20.4.